The fourth-order valence-corrected chi connectivity index (χ4v) is 3.23. The molecule has 0 aliphatic heterocycles. The lowest BCUT2D eigenvalue weighted by molar-refractivity contribution is -0.112. The average Bonchev–Trinajstić information content (AvgIpc) is 2.71. The number of carbonyl (C=O) groups excluding carboxylic acids is 1. The molecule has 0 heterocycles. The molecule has 5 heteroatoms. The number of aryl methyl sites for hydroxylation is 1. The lowest BCUT2D eigenvalue weighted by Crippen LogP contribution is -2.13. The Balaban J connectivity index is 1.91. The second kappa shape index (κ2) is 9.31. The van der Waals surface area contributed by atoms with E-state index in [1.165, 1.54) is 12.1 Å². The van der Waals surface area contributed by atoms with Crippen molar-refractivity contribution in [3.63, 3.8) is 0 Å². The Hall–Kier alpha value is -3.23. The number of amides is 1. The van der Waals surface area contributed by atoms with Crippen molar-refractivity contribution in [2.45, 2.75) is 13.3 Å². The van der Waals surface area contributed by atoms with Crippen LogP contribution in [0.5, 0.6) is 0 Å². The summed E-state index contributed by atoms with van der Waals surface area (Å²) < 4.78 is 14.9. The monoisotopic (exact) mass is 448 g/mol. The quantitative estimate of drug-likeness (QED) is 0.382. The van der Waals surface area contributed by atoms with Crippen molar-refractivity contribution in [3.8, 4) is 6.07 Å². The molecule has 3 nitrogen and oxygen atoms in total. The van der Waals surface area contributed by atoms with Gasteiger partial charge in [0.1, 0.15) is 17.5 Å². The molecule has 3 aromatic rings. The van der Waals surface area contributed by atoms with Crippen LogP contribution in [0.3, 0.4) is 0 Å². The van der Waals surface area contributed by atoms with Gasteiger partial charge >= 0.3 is 0 Å². The molecule has 0 spiro atoms. The van der Waals surface area contributed by atoms with Crippen LogP contribution in [0.15, 0.2) is 76.8 Å². The number of halogens is 2. The first-order valence-electron chi connectivity index (χ1n) is 8.98. The maximum absolute atomic E-state index is 14.1. The highest BCUT2D eigenvalue weighted by Crippen LogP contribution is 2.23. The summed E-state index contributed by atoms with van der Waals surface area (Å²) in [6.45, 7) is 1.95. The summed E-state index contributed by atoms with van der Waals surface area (Å²) in [5.41, 5.74) is 3.70. The van der Waals surface area contributed by atoms with E-state index in [0.29, 0.717) is 23.2 Å². The normalized spacial score (nSPS) is 11.0. The molecule has 0 fully saturated rings. The van der Waals surface area contributed by atoms with E-state index in [-0.39, 0.29) is 11.4 Å². The zero-order valence-electron chi connectivity index (χ0n) is 15.7. The third-order valence-electron chi connectivity index (χ3n) is 4.42. The van der Waals surface area contributed by atoms with Crippen LogP contribution in [0.2, 0.25) is 0 Å². The third-order valence-corrected chi connectivity index (χ3v) is 4.91. The second-order valence-corrected chi connectivity index (χ2v) is 7.52. The average molecular weight is 449 g/mol. The topological polar surface area (TPSA) is 52.9 Å². The van der Waals surface area contributed by atoms with Gasteiger partial charge in [0, 0.05) is 16.6 Å². The fraction of sp³-hybridized carbons (Fsp3) is 0.0833. The first-order valence-corrected chi connectivity index (χ1v) is 9.77. The van der Waals surface area contributed by atoms with Gasteiger partial charge in [-0.1, -0.05) is 57.9 Å². The Bertz CT molecular complexity index is 1110. The molecule has 0 aliphatic rings. The van der Waals surface area contributed by atoms with Crippen LogP contribution in [0, 0.1) is 24.1 Å². The van der Waals surface area contributed by atoms with E-state index in [1.54, 1.807) is 30.3 Å². The van der Waals surface area contributed by atoms with Crippen molar-refractivity contribution >= 4 is 33.6 Å². The van der Waals surface area contributed by atoms with Gasteiger partial charge in [-0.05, 0) is 60.0 Å². The number of nitrogens with zero attached hydrogens (tertiary/aromatic N) is 1. The van der Waals surface area contributed by atoms with E-state index < -0.39 is 5.91 Å². The first-order chi connectivity index (χ1) is 14.0. The molecule has 0 aromatic heterocycles. The van der Waals surface area contributed by atoms with Gasteiger partial charge in [0.15, 0.2) is 0 Å². The van der Waals surface area contributed by atoms with Crippen molar-refractivity contribution < 1.29 is 9.18 Å². The molecule has 1 amide bonds. The lowest BCUT2D eigenvalue weighted by Gasteiger charge is -2.10. The molecule has 3 rings (SSSR count). The maximum Gasteiger partial charge on any atom is 0.266 e. The Morgan fingerprint density at radius 1 is 1.10 bits per heavy atom. The molecule has 0 radical (unpaired) electrons. The van der Waals surface area contributed by atoms with E-state index in [0.717, 1.165) is 15.6 Å². The molecule has 0 saturated carbocycles. The minimum atomic E-state index is -0.492. The van der Waals surface area contributed by atoms with Gasteiger partial charge in [0.25, 0.3) is 5.91 Å². The largest absolute Gasteiger partial charge is 0.321 e. The van der Waals surface area contributed by atoms with Gasteiger partial charge < -0.3 is 5.32 Å². The van der Waals surface area contributed by atoms with Gasteiger partial charge in [0.05, 0.1) is 0 Å². The minimum absolute atomic E-state index is 0.0292. The lowest BCUT2D eigenvalue weighted by atomic mass is 9.98. The highest BCUT2D eigenvalue weighted by Gasteiger charge is 2.12. The summed E-state index contributed by atoms with van der Waals surface area (Å²) in [6, 6.07) is 21.4. The third kappa shape index (κ3) is 5.40. The molecule has 1 N–H and O–H groups in total. The van der Waals surface area contributed by atoms with Crippen molar-refractivity contribution in [1.29, 1.82) is 5.26 Å². The molecule has 29 heavy (non-hydrogen) atoms. The number of nitriles is 1. The molecule has 144 valence electrons. The van der Waals surface area contributed by atoms with E-state index in [1.807, 2.05) is 43.3 Å². The molecule has 0 unspecified atom stereocenters. The predicted octanol–water partition coefficient (Wildman–Crippen LogP) is 6.03. The van der Waals surface area contributed by atoms with Gasteiger partial charge in [-0.25, -0.2) is 4.39 Å². The Labute approximate surface area is 177 Å². The summed E-state index contributed by atoms with van der Waals surface area (Å²) in [7, 11) is 0. The number of carbonyl (C=O) groups is 1. The zero-order valence-corrected chi connectivity index (χ0v) is 17.3. The van der Waals surface area contributed by atoms with Crippen LogP contribution < -0.4 is 5.32 Å². The summed E-state index contributed by atoms with van der Waals surface area (Å²) in [5.74, 6) is -0.781. The number of benzene rings is 3. The number of hydrogen-bond acceptors (Lipinski definition) is 2. The molecule has 3 aromatic carbocycles. The molecule has 0 aliphatic carbocycles. The summed E-state index contributed by atoms with van der Waals surface area (Å²) in [5, 5.41) is 12.3. The highest BCUT2D eigenvalue weighted by molar-refractivity contribution is 9.10. The Morgan fingerprint density at radius 3 is 2.52 bits per heavy atom. The van der Waals surface area contributed by atoms with Crippen LogP contribution in [0.25, 0.3) is 6.08 Å². The first kappa shape index (κ1) is 20.5. The Kier molecular flexibility index (Phi) is 6.58. The summed E-state index contributed by atoms with van der Waals surface area (Å²) >= 11 is 3.42. The Morgan fingerprint density at radius 2 is 1.83 bits per heavy atom. The standard InChI is InChI=1S/C24H18BrFN2O/c1-16-6-10-22(11-7-16)28-24(29)20(15-27)13-19-14-21(25)9-8-17(19)12-18-4-2-3-5-23(18)26/h2-11,13-14H,12H2,1H3,(H,28,29)/b20-13+. The van der Waals surface area contributed by atoms with E-state index in [4.69, 9.17) is 0 Å². The number of anilines is 1. The van der Waals surface area contributed by atoms with E-state index >= 15 is 0 Å². The van der Waals surface area contributed by atoms with E-state index in [2.05, 4.69) is 21.2 Å². The maximum atomic E-state index is 14.1. The summed E-state index contributed by atoms with van der Waals surface area (Å²) in [6.07, 6.45) is 1.88. The van der Waals surface area contributed by atoms with Gasteiger partial charge in [-0.3, -0.25) is 4.79 Å². The highest BCUT2D eigenvalue weighted by atomic mass is 79.9. The van der Waals surface area contributed by atoms with E-state index in [9.17, 15) is 14.4 Å². The molecule has 0 bridgehead atoms. The van der Waals surface area contributed by atoms with Gasteiger partial charge in [-0.15, -0.1) is 0 Å². The zero-order chi connectivity index (χ0) is 20.8. The molecular formula is C24H18BrFN2O. The number of rotatable bonds is 5. The summed E-state index contributed by atoms with van der Waals surface area (Å²) in [4.78, 5) is 12.6. The van der Waals surface area contributed by atoms with Crippen LogP contribution in [0.4, 0.5) is 10.1 Å². The van der Waals surface area contributed by atoms with Gasteiger partial charge in [0.2, 0.25) is 0 Å². The van der Waals surface area contributed by atoms with Crippen molar-refractivity contribution in [2.75, 3.05) is 5.32 Å². The van der Waals surface area contributed by atoms with Crippen molar-refractivity contribution in [1.82, 2.24) is 0 Å². The van der Waals surface area contributed by atoms with Crippen LogP contribution in [0.1, 0.15) is 22.3 Å². The molecular weight excluding hydrogens is 431 g/mol. The van der Waals surface area contributed by atoms with Gasteiger partial charge in [-0.2, -0.15) is 5.26 Å². The number of hydrogen-bond donors (Lipinski definition) is 1. The van der Waals surface area contributed by atoms with Crippen LogP contribution >= 0.6 is 15.9 Å². The minimum Gasteiger partial charge on any atom is -0.321 e. The van der Waals surface area contributed by atoms with Crippen LogP contribution in [-0.2, 0) is 11.2 Å². The predicted molar refractivity (Wildman–Crippen MR) is 117 cm³/mol. The number of nitrogens with one attached hydrogen (secondary N) is 1. The smallest absolute Gasteiger partial charge is 0.266 e. The second-order valence-electron chi connectivity index (χ2n) is 6.60. The molecule has 0 atom stereocenters. The SMILES string of the molecule is Cc1ccc(NC(=O)/C(C#N)=C/c2cc(Br)ccc2Cc2ccccc2F)cc1. The van der Waals surface area contributed by atoms with Crippen LogP contribution in [-0.4, -0.2) is 5.91 Å². The van der Waals surface area contributed by atoms with Crippen molar-refractivity contribution in [2.24, 2.45) is 0 Å². The molecule has 0 saturated heterocycles. The van der Waals surface area contributed by atoms with Crippen molar-refractivity contribution in [3.05, 3.63) is 105 Å². The fourth-order valence-electron chi connectivity index (χ4n) is 2.85.